The topological polar surface area (TPSA) is 81.4 Å². The first kappa shape index (κ1) is 17.9. The zero-order valence-corrected chi connectivity index (χ0v) is 14.3. The maximum Gasteiger partial charge on any atom is 0.340 e. The van der Waals surface area contributed by atoms with Gasteiger partial charge in [0.2, 0.25) is 0 Å². The maximum atomic E-state index is 13.4. The highest BCUT2D eigenvalue weighted by atomic mass is 79.9. The molecule has 7 heteroatoms. The second-order valence-electron chi connectivity index (χ2n) is 5.00. The second-order valence-corrected chi connectivity index (χ2v) is 5.91. The van der Waals surface area contributed by atoms with Crippen molar-refractivity contribution in [1.29, 1.82) is 0 Å². The Bertz CT molecular complexity index is 752. The third kappa shape index (κ3) is 5.06. The average molecular weight is 395 g/mol. The van der Waals surface area contributed by atoms with Crippen molar-refractivity contribution in [2.75, 3.05) is 18.9 Å². The van der Waals surface area contributed by atoms with Gasteiger partial charge in [0.15, 0.2) is 6.61 Å². The molecular formula is C17H16BrFN2O3. The highest BCUT2D eigenvalue weighted by molar-refractivity contribution is 9.10. The van der Waals surface area contributed by atoms with Gasteiger partial charge in [-0.05, 0) is 36.2 Å². The van der Waals surface area contributed by atoms with E-state index in [4.69, 9.17) is 10.5 Å². The molecule has 0 bridgehead atoms. The minimum atomic E-state index is -0.682. The fourth-order valence-corrected chi connectivity index (χ4v) is 2.36. The monoisotopic (exact) mass is 394 g/mol. The van der Waals surface area contributed by atoms with E-state index in [-0.39, 0.29) is 23.6 Å². The van der Waals surface area contributed by atoms with Gasteiger partial charge in [0, 0.05) is 16.7 Å². The quantitative estimate of drug-likeness (QED) is 0.582. The van der Waals surface area contributed by atoms with Crippen molar-refractivity contribution >= 4 is 33.5 Å². The van der Waals surface area contributed by atoms with Gasteiger partial charge in [-0.15, -0.1) is 0 Å². The molecule has 5 nitrogen and oxygen atoms in total. The van der Waals surface area contributed by atoms with Gasteiger partial charge in [0.05, 0.1) is 5.56 Å². The average Bonchev–Trinajstić information content (AvgIpc) is 2.56. The molecule has 0 saturated carbocycles. The Kier molecular flexibility index (Phi) is 6.31. The number of nitrogen functional groups attached to an aromatic ring is 1. The standard InChI is InChI=1S/C17H16BrFN2O3/c18-12-5-6-15(20)13(9-12)17(23)24-10-16(22)21-8-7-11-3-1-2-4-14(11)19/h1-6,9H,7-8,10,20H2,(H,21,22). The Balaban J connectivity index is 1.78. The molecule has 0 heterocycles. The van der Waals surface area contributed by atoms with Gasteiger partial charge < -0.3 is 15.8 Å². The molecule has 126 valence electrons. The molecule has 2 rings (SSSR count). The van der Waals surface area contributed by atoms with Crippen LogP contribution in [0, 0.1) is 5.82 Å². The molecule has 0 spiro atoms. The SMILES string of the molecule is Nc1ccc(Br)cc1C(=O)OCC(=O)NCCc1ccccc1F. The summed E-state index contributed by atoms with van der Waals surface area (Å²) in [7, 11) is 0. The van der Waals surface area contributed by atoms with E-state index in [1.807, 2.05) is 0 Å². The molecule has 0 aliphatic carbocycles. The van der Waals surface area contributed by atoms with Gasteiger partial charge >= 0.3 is 5.97 Å². The number of anilines is 1. The number of carbonyl (C=O) groups is 2. The molecule has 0 fully saturated rings. The number of carbonyl (C=O) groups excluding carboxylic acids is 2. The van der Waals surface area contributed by atoms with E-state index < -0.39 is 18.5 Å². The molecule has 0 aromatic heterocycles. The molecule has 1 amide bonds. The first-order chi connectivity index (χ1) is 11.5. The highest BCUT2D eigenvalue weighted by Crippen LogP contribution is 2.19. The molecule has 0 saturated heterocycles. The predicted molar refractivity (Wildman–Crippen MR) is 92.0 cm³/mol. The third-order valence-electron chi connectivity index (χ3n) is 3.24. The number of nitrogens with one attached hydrogen (secondary N) is 1. The molecule has 2 aromatic carbocycles. The summed E-state index contributed by atoms with van der Waals surface area (Å²) in [6.45, 7) is -0.182. The molecule has 2 aromatic rings. The van der Waals surface area contributed by atoms with Crippen LogP contribution in [-0.2, 0) is 16.0 Å². The molecule has 3 N–H and O–H groups in total. The summed E-state index contributed by atoms with van der Waals surface area (Å²) >= 11 is 3.23. The highest BCUT2D eigenvalue weighted by Gasteiger charge is 2.13. The van der Waals surface area contributed by atoms with Gasteiger partial charge in [-0.2, -0.15) is 0 Å². The summed E-state index contributed by atoms with van der Waals surface area (Å²) in [6, 6.07) is 11.1. The van der Waals surface area contributed by atoms with Gasteiger partial charge in [-0.25, -0.2) is 9.18 Å². The summed E-state index contributed by atoms with van der Waals surface area (Å²) in [5, 5.41) is 2.57. The largest absolute Gasteiger partial charge is 0.452 e. The van der Waals surface area contributed by atoms with Gasteiger partial charge in [0.25, 0.3) is 5.91 Å². The maximum absolute atomic E-state index is 13.4. The number of hydrogen-bond acceptors (Lipinski definition) is 4. The van der Waals surface area contributed by atoms with E-state index in [1.165, 1.54) is 12.1 Å². The van der Waals surface area contributed by atoms with E-state index in [2.05, 4.69) is 21.2 Å². The number of halogens is 2. The molecule has 24 heavy (non-hydrogen) atoms. The smallest absolute Gasteiger partial charge is 0.340 e. The van der Waals surface area contributed by atoms with Crippen LogP contribution < -0.4 is 11.1 Å². The normalized spacial score (nSPS) is 10.2. The molecule has 0 aliphatic rings. The molecule has 0 radical (unpaired) electrons. The van der Waals surface area contributed by atoms with E-state index in [0.29, 0.717) is 16.5 Å². The van der Waals surface area contributed by atoms with Crippen LogP contribution in [0.1, 0.15) is 15.9 Å². The van der Waals surface area contributed by atoms with Crippen molar-refractivity contribution in [1.82, 2.24) is 5.32 Å². The van der Waals surface area contributed by atoms with Crippen LogP contribution in [0.25, 0.3) is 0 Å². The van der Waals surface area contributed by atoms with Crippen LogP contribution in [0.2, 0.25) is 0 Å². The van der Waals surface area contributed by atoms with Gasteiger partial charge in [-0.3, -0.25) is 4.79 Å². The molecule has 0 aliphatic heterocycles. The molecular weight excluding hydrogens is 379 g/mol. The van der Waals surface area contributed by atoms with Crippen LogP contribution in [-0.4, -0.2) is 25.0 Å². The third-order valence-corrected chi connectivity index (χ3v) is 3.74. The Morgan fingerprint density at radius 1 is 1.21 bits per heavy atom. The second kappa shape index (κ2) is 8.44. The summed E-state index contributed by atoms with van der Waals surface area (Å²) in [4.78, 5) is 23.6. The van der Waals surface area contributed by atoms with Gasteiger partial charge in [0.1, 0.15) is 5.82 Å². The number of benzene rings is 2. The fraction of sp³-hybridized carbons (Fsp3) is 0.176. The first-order valence-electron chi connectivity index (χ1n) is 7.19. The fourth-order valence-electron chi connectivity index (χ4n) is 2.00. The van der Waals surface area contributed by atoms with Crippen molar-refractivity contribution in [3.8, 4) is 0 Å². The summed E-state index contributed by atoms with van der Waals surface area (Å²) in [6.07, 6.45) is 0.352. The number of rotatable bonds is 6. The first-order valence-corrected chi connectivity index (χ1v) is 7.99. The number of hydrogen-bond donors (Lipinski definition) is 2. The lowest BCUT2D eigenvalue weighted by Crippen LogP contribution is -2.30. The number of nitrogens with two attached hydrogens (primary N) is 1. The van der Waals surface area contributed by atoms with E-state index >= 15 is 0 Å². The van der Waals surface area contributed by atoms with Crippen LogP contribution in [0.4, 0.5) is 10.1 Å². The van der Waals surface area contributed by atoms with E-state index in [1.54, 1.807) is 30.3 Å². The van der Waals surface area contributed by atoms with E-state index in [9.17, 15) is 14.0 Å². The summed E-state index contributed by atoms with van der Waals surface area (Å²) in [5.41, 5.74) is 6.66. The lowest BCUT2D eigenvalue weighted by molar-refractivity contribution is -0.124. The lowest BCUT2D eigenvalue weighted by atomic mass is 10.1. The minimum absolute atomic E-state index is 0.184. The minimum Gasteiger partial charge on any atom is -0.452 e. The Morgan fingerprint density at radius 2 is 1.96 bits per heavy atom. The van der Waals surface area contributed by atoms with Crippen molar-refractivity contribution in [3.05, 3.63) is 63.9 Å². The van der Waals surface area contributed by atoms with Gasteiger partial charge in [-0.1, -0.05) is 34.1 Å². The molecule has 0 atom stereocenters. The Hall–Kier alpha value is -2.41. The van der Waals surface area contributed by atoms with Crippen LogP contribution in [0.3, 0.4) is 0 Å². The van der Waals surface area contributed by atoms with Crippen molar-refractivity contribution in [2.24, 2.45) is 0 Å². The van der Waals surface area contributed by atoms with E-state index in [0.717, 1.165) is 0 Å². The lowest BCUT2D eigenvalue weighted by Gasteiger charge is -2.08. The zero-order chi connectivity index (χ0) is 17.5. The van der Waals surface area contributed by atoms with Crippen molar-refractivity contribution in [3.63, 3.8) is 0 Å². The summed E-state index contributed by atoms with van der Waals surface area (Å²) in [5.74, 6) is -1.46. The number of amides is 1. The number of esters is 1. The Labute approximate surface area is 147 Å². The number of ether oxygens (including phenoxy) is 1. The van der Waals surface area contributed by atoms with Crippen LogP contribution >= 0.6 is 15.9 Å². The molecule has 0 unspecified atom stereocenters. The van der Waals surface area contributed by atoms with Crippen molar-refractivity contribution in [2.45, 2.75) is 6.42 Å². The van der Waals surface area contributed by atoms with Crippen LogP contribution in [0.5, 0.6) is 0 Å². The summed E-state index contributed by atoms with van der Waals surface area (Å²) < 4.78 is 19.0. The van der Waals surface area contributed by atoms with Crippen molar-refractivity contribution < 1.29 is 18.7 Å². The van der Waals surface area contributed by atoms with Crippen LogP contribution in [0.15, 0.2) is 46.9 Å². The predicted octanol–water partition coefficient (Wildman–Crippen LogP) is 2.69. The zero-order valence-electron chi connectivity index (χ0n) is 12.7. The Morgan fingerprint density at radius 3 is 2.71 bits per heavy atom.